The number of para-hydroxylation sites is 1. The molecule has 94 valence electrons. The van der Waals surface area contributed by atoms with Crippen LogP contribution in [-0.2, 0) is 4.79 Å². The number of aromatic nitrogens is 4. The molecule has 0 aliphatic carbocycles. The van der Waals surface area contributed by atoms with Crippen LogP contribution < -0.4 is 0 Å². The topological polar surface area (TPSA) is 60.7 Å². The van der Waals surface area contributed by atoms with Crippen molar-refractivity contribution in [2.75, 3.05) is 0 Å². The molecule has 3 aromatic rings. The van der Waals surface area contributed by atoms with Crippen molar-refractivity contribution in [1.29, 1.82) is 0 Å². The third-order valence-electron chi connectivity index (χ3n) is 2.97. The van der Waals surface area contributed by atoms with Gasteiger partial charge in [-0.05, 0) is 31.2 Å². The molecule has 3 rings (SSSR count). The zero-order valence-electron chi connectivity index (χ0n) is 10.4. The lowest BCUT2D eigenvalue weighted by molar-refractivity contribution is -0.119. The number of hydrogen-bond acceptors (Lipinski definition) is 4. The summed E-state index contributed by atoms with van der Waals surface area (Å²) >= 11 is 0. The monoisotopic (exact) mass is 252 g/mol. The van der Waals surface area contributed by atoms with Crippen LogP contribution in [0.4, 0.5) is 0 Å². The number of hydrogen-bond donors (Lipinski definition) is 0. The predicted molar refractivity (Wildman–Crippen MR) is 70.6 cm³/mol. The second-order valence-corrected chi connectivity index (χ2v) is 4.29. The predicted octanol–water partition coefficient (Wildman–Crippen LogP) is 2.00. The lowest BCUT2D eigenvalue weighted by atomic mass is 10.1. The van der Waals surface area contributed by atoms with E-state index in [1.54, 1.807) is 10.9 Å². The van der Waals surface area contributed by atoms with E-state index in [1.807, 2.05) is 42.5 Å². The van der Waals surface area contributed by atoms with Gasteiger partial charge in [0.15, 0.2) is 11.8 Å². The van der Waals surface area contributed by atoms with Crippen LogP contribution in [0.5, 0.6) is 0 Å². The van der Waals surface area contributed by atoms with Crippen molar-refractivity contribution in [1.82, 2.24) is 20.0 Å². The van der Waals surface area contributed by atoms with Gasteiger partial charge < -0.3 is 0 Å². The summed E-state index contributed by atoms with van der Waals surface area (Å²) in [7, 11) is 0. The van der Waals surface area contributed by atoms with E-state index in [2.05, 4.69) is 15.3 Å². The molecule has 1 atom stereocenters. The van der Waals surface area contributed by atoms with Gasteiger partial charge in [-0.2, -0.15) is 0 Å². The molecule has 0 saturated carbocycles. The molecule has 5 heteroatoms. The highest BCUT2D eigenvalue weighted by atomic mass is 16.1. The summed E-state index contributed by atoms with van der Waals surface area (Å²) in [6.45, 7) is 1.54. The van der Waals surface area contributed by atoms with Crippen molar-refractivity contribution in [3.63, 3.8) is 0 Å². The summed E-state index contributed by atoms with van der Waals surface area (Å²) < 4.78 is 1.62. The highest BCUT2D eigenvalue weighted by Crippen LogP contribution is 2.21. The largest absolute Gasteiger partial charge is 0.297 e. The summed E-state index contributed by atoms with van der Waals surface area (Å²) in [5.74, 6) is -0.0191. The Morgan fingerprint density at radius 3 is 2.68 bits per heavy atom. The molecule has 1 aromatic carbocycles. The number of Topliss-reactive ketones (excluding diaryl/α,β-unsaturated/α-hetero) is 1. The van der Waals surface area contributed by atoms with E-state index in [-0.39, 0.29) is 5.78 Å². The van der Waals surface area contributed by atoms with Crippen LogP contribution in [0, 0.1) is 0 Å². The average molecular weight is 252 g/mol. The molecule has 0 aliphatic heterocycles. The van der Waals surface area contributed by atoms with E-state index < -0.39 is 6.04 Å². The first-order valence-corrected chi connectivity index (χ1v) is 5.98. The molecule has 0 N–H and O–H groups in total. The molecular weight excluding hydrogens is 240 g/mol. The molecule has 2 aromatic heterocycles. The van der Waals surface area contributed by atoms with Crippen molar-refractivity contribution in [3.8, 4) is 0 Å². The second kappa shape index (κ2) is 4.61. The molecule has 0 amide bonds. The second-order valence-electron chi connectivity index (χ2n) is 4.29. The van der Waals surface area contributed by atoms with E-state index in [9.17, 15) is 4.79 Å². The minimum Gasteiger partial charge on any atom is -0.297 e. The van der Waals surface area contributed by atoms with Gasteiger partial charge in [0.1, 0.15) is 5.52 Å². The number of rotatable bonds is 3. The number of carbonyl (C=O) groups is 1. The van der Waals surface area contributed by atoms with E-state index in [1.165, 1.54) is 6.92 Å². The first-order chi connectivity index (χ1) is 9.27. The molecule has 2 heterocycles. The Balaban J connectivity index is 2.18. The van der Waals surface area contributed by atoms with E-state index in [0.717, 1.165) is 11.0 Å². The minimum absolute atomic E-state index is 0.0191. The minimum atomic E-state index is -0.534. The lowest BCUT2D eigenvalue weighted by Gasteiger charge is -2.13. The lowest BCUT2D eigenvalue weighted by Crippen LogP contribution is -2.20. The fraction of sp³-hybridized carbons (Fsp3) is 0.143. The Hall–Kier alpha value is -2.56. The number of benzene rings is 1. The molecule has 0 saturated heterocycles. The summed E-state index contributed by atoms with van der Waals surface area (Å²) in [5.41, 5.74) is 2.27. The Kier molecular flexibility index (Phi) is 2.79. The molecular formula is C14H12N4O. The van der Waals surface area contributed by atoms with Crippen LogP contribution in [0.15, 0.2) is 48.7 Å². The van der Waals surface area contributed by atoms with Gasteiger partial charge in [0, 0.05) is 6.20 Å². The maximum absolute atomic E-state index is 12.0. The summed E-state index contributed by atoms with van der Waals surface area (Å²) in [6.07, 6.45) is 1.67. The Morgan fingerprint density at radius 2 is 1.95 bits per heavy atom. The van der Waals surface area contributed by atoms with Gasteiger partial charge in [0.25, 0.3) is 0 Å². The number of pyridine rings is 1. The van der Waals surface area contributed by atoms with Crippen LogP contribution in [0.2, 0.25) is 0 Å². The summed E-state index contributed by atoms with van der Waals surface area (Å²) in [5, 5.41) is 8.18. The van der Waals surface area contributed by atoms with E-state index in [0.29, 0.717) is 5.69 Å². The number of nitrogens with zero attached hydrogens (tertiary/aromatic N) is 4. The third kappa shape index (κ3) is 1.99. The van der Waals surface area contributed by atoms with Crippen molar-refractivity contribution < 1.29 is 4.79 Å². The fourth-order valence-corrected chi connectivity index (χ4v) is 2.12. The molecule has 0 spiro atoms. The molecule has 1 unspecified atom stereocenters. The maximum atomic E-state index is 12.0. The molecule has 0 bridgehead atoms. The Bertz CT molecular complexity index is 720. The van der Waals surface area contributed by atoms with Crippen molar-refractivity contribution >= 4 is 16.8 Å². The van der Waals surface area contributed by atoms with Gasteiger partial charge in [0.2, 0.25) is 0 Å². The van der Waals surface area contributed by atoms with E-state index in [4.69, 9.17) is 0 Å². The van der Waals surface area contributed by atoms with Gasteiger partial charge >= 0.3 is 0 Å². The Labute approximate surface area is 109 Å². The fourth-order valence-electron chi connectivity index (χ4n) is 2.12. The molecule has 0 aliphatic rings. The van der Waals surface area contributed by atoms with Crippen LogP contribution in [0.3, 0.4) is 0 Å². The van der Waals surface area contributed by atoms with Gasteiger partial charge in [-0.15, -0.1) is 5.10 Å². The van der Waals surface area contributed by atoms with Crippen LogP contribution in [-0.4, -0.2) is 25.8 Å². The number of carbonyl (C=O) groups excluding carboxylic acids is 1. The van der Waals surface area contributed by atoms with Crippen molar-refractivity contribution in [3.05, 3.63) is 54.4 Å². The van der Waals surface area contributed by atoms with Crippen LogP contribution in [0.25, 0.3) is 11.0 Å². The highest BCUT2D eigenvalue weighted by molar-refractivity contribution is 5.85. The standard InChI is InChI=1S/C14H12N4O/c1-10(19)14(12-7-4-5-9-15-12)18-13-8-3-2-6-11(13)16-17-18/h2-9,14H,1H3. The first-order valence-electron chi connectivity index (χ1n) is 5.98. The van der Waals surface area contributed by atoms with Gasteiger partial charge in [-0.3, -0.25) is 9.78 Å². The summed E-state index contributed by atoms with van der Waals surface area (Å²) in [6, 6.07) is 12.5. The van der Waals surface area contributed by atoms with Gasteiger partial charge in [-0.1, -0.05) is 23.4 Å². The molecule has 0 radical (unpaired) electrons. The van der Waals surface area contributed by atoms with Crippen LogP contribution in [0.1, 0.15) is 18.7 Å². The maximum Gasteiger partial charge on any atom is 0.160 e. The zero-order chi connectivity index (χ0) is 13.2. The van der Waals surface area contributed by atoms with Crippen molar-refractivity contribution in [2.45, 2.75) is 13.0 Å². The number of fused-ring (bicyclic) bond motifs is 1. The van der Waals surface area contributed by atoms with Gasteiger partial charge in [-0.25, -0.2) is 4.68 Å². The zero-order valence-corrected chi connectivity index (χ0v) is 10.4. The molecule has 19 heavy (non-hydrogen) atoms. The molecule has 5 nitrogen and oxygen atoms in total. The van der Waals surface area contributed by atoms with Gasteiger partial charge in [0.05, 0.1) is 11.2 Å². The molecule has 0 fully saturated rings. The smallest absolute Gasteiger partial charge is 0.160 e. The van der Waals surface area contributed by atoms with Crippen molar-refractivity contribution in [2.24, 2.45) is 0 Å². The number of ketones is 1. The summed E-state index contributed by atoms with van der Waals surface area (Å²) in [4.78, 5) is 16.2. The Morgan fingerprint density at radius 1 is 1.16 bits per heavy atom. The first kappa shape index (κ1) is 11.5. The SMILES string of the molecule is CC(=O)C(c1ccccn1)n1nnc2ccccc21. The normalized spacial score (nSPS) is 12.5. The van der Waals surface area contributed by atoms with E-state index >= 15 is 0 Å². The van der Waals surface area contributed by atoms with Crippen LogP contribution >= 0.6 is 0 Å². The quantitative estimate of drug-likeness (QED) is 0.715. The third-order valence-corrected chi connectivity index (χ3v) is 2.97. The highest BCUT2D eigenvalue weighted by Gasteiger charge is 2.23. The average Bonchev–Trinajstić information content (AvgIpc) is 2.84.